The van der Waals surface area contributed by atoms with E-state index in [1.807, 2.05) is 24.3 Å². The Morgan fingerprint density at radius 1 is 1.31 bits per heavy atom. The summed E-state index contributed by atoms with van der Waals surface area (Å²) in [6.07, 6.45) is 1.82. The third-order valence-corrected chi connectivity index (χ3v) is 5.08. The summed E-state index contributed by atoms with van der Waals surface area (Å²) in [5.74, 6) is 0. The average Bonchev–Trinajstić information content (AvgIpc) is 2.19. The molecule has 0 aliphatic carbocycles. The molecule has 0 radical (unpaired) electrons. The van der Waals surface area contributed by atoms with Gasteiger partial charge in [0, 0.05) is 15.9 Å². The molecule has 2 unspecified atom stereocenters. The van der Waals surface area contributed by atoms with Crippen molar-refractivity contribution in [3.8, 4) is 0 Å². The predicted molar refractivity (Wildman–Crippen MR) is 75.1 cm³/mol. The smallest absolute Gasteiger partial charge is 0.151 e. The lowest BCUT2D eigenvalue weighted by molar-refractivity contribution is 0.562. The van der Waals surface area contributed by atoms with Crippen LogP contribution in [0, 0.1) is 3.57 Å². The molecule has 5 heteroatoms. The summed E-state index contributed by atoms with van der Waals surface area (Å²) in [5, 5.41) is -0.508. The van der Waals surface area contributed by atoms with Gasteiger partial charge in [0.2, 0.25) is 0 Å². The molecule has 0 amide bonds. The van der Waals surface area contributed by atoms with Gasteiger partial charge in [-0.1, -0.05) is 12.1 Å². The van der Waals surface area contributed by atoms with Gasteiger partial charge in [0.15, 0.2) is 9.84 Å². The van der Waals surface area contributed by atoms with E-state index in [4.69, 9.17) is 5.73 Å². The predicted octanol–water partition coefficient (Wildman–Crippen LogP) is 1.59. The van der Waals surface area contributed by atoms with Crippen LogP contribution in [0.15, 0.2) is 24.3 Å². The van der Waals surface area contributed by atoms with Gasteiger partial charge in [-0.25, -0.2) is 8.42 Å². The maximum absolute atomic E-state index is 11.3. The van der Waals surface area contributed by atoms with E-state index in [1.54, 1.807) is 6.92 Å². The Morgan fingerprint density at radius 2 is 1.81 bits per heavy atom. The van der Waals surface area contributed by atoms with Gasteiger partial charge in [0.25, 0.3) is 0 Å². The van der Waals surface area contributed by atoms with Crippen LogP contribution in [0.3, 0.4) is 0 Å². The minimum Gasteiger partial charge on any atom is -0.326 e. The summed E-state index contributed by atoms with van der Waals surface area (Å²) in [7, 11) is -3.06. The van der Waals surface area contributed by atoms with Gasteiger partial charge in [-0.05, 0) is 53.6 Å². The van der Waals surface area contributed by atoms with Gasteiger partial charge in [0.1, 0.15) is 0 Å². The van der Waals surface area contributed by atoms with Crippen LogP contribution in [0.25, 0.3) is 0 Å². The molecule has 0 spiro atoms. The van der Waals surface area contributed by atoms with Crippen molar-refractivity contribution >= 4 is 32.4 Å². The van der Waals surface area contributed by atoms with Crippen molar-refractivity contribution in [2.24, 2.45) is 5.73 Å². The first-order valence-corrected chi connectivity index (χ1v) is 8.03. The Hall–Kier alpha value is -0.140. The Balaban J connectivity index is 2.71. The highest BCUT2D eigenvalue weighted by Gasteiger charge is 2.22. The molecule has 1 aromatic rings. The second-order valence-corrected chi connectivity index (χ2v) is 7.68. The van der Waals surface area contributed by atoms with Crippen molar-refractivity contribution in [2.75, 3.05) is 6.26 Å². The third-order valence-electron chi connectivity index (χ3n) is 2.66. The number of benzene rings is 1. The Morgan fingerprint density at radius 3 is 2.25 bits per heavy atom. The van der Waals surface area contributed by atoms with Crippen LogP contribution in [0.2, 0.25) is 0 Å². The van der Waals surface area contributed by atoms with Crippen molar-refractivity contribution in [3.63, 3.8) is 0 Å². The third kappa shape index (κ3) is 4.03. The van der Waals surface area contributed by atoms with Gasteiger partial charge in [-0.3, -0.25) is 0 Å². The Kier molecular flexibility index (Phi) is 4.75. The van der Waals surface area contributed by atoms with Crippen LogP contribution >= 0.6 is 22.6 Å². The summed E-state index contributed by atoms with van der Waals surface area (Å²) in [6, 6.07) is 7.60. The first kappa shape index (κ1) is 13.9. The van der Waals surface area contributed by atoms with Gasteiger partial charge >= 0.3 is 0 Å². The van der Waals surface area contributed by atoms with Gasteiger partial charge < -0.3 is 5.73 Å². The summed E-state index contributed by atoms with van der Waals surface area (Å²) >= 11 is 2.23. The summed E-state index contributed by atoms with van der Waals surface area (Å²) in [5.41, 5.74) is 6.96. The lowest BCUT2D eigenvalue weighted by Gasteiger charge is -2.18. The monoisotopic (exact) mass is 353 g/mol. The number of sulfone groups is 1. The quantitative estimate of drug-likeness (QED) is 0.837. The zero-order chi connectivity index (χ0) is 12.3. The SMILES string of the molecule is CC(C(N)Cc1ccc(I)cc1)S(C)(=O)=O. The van der Waals surface area contributed by atoms with Crippen LogP contribution in [0.5, 0.6) is 0 Å². The molecule has 1 aromatic carbocycles. The van der Waals surface area contributed by atoms with Crippen LogP contribution < -0.4 is 5.73 Å². The zero-order valence-electron chi connectivity index (χ0n) is 9.35. The lowest BCUT2D eigenvalue weighted by atomic mass is 10.0. The minimum absolute atomic E-state index is 0.352. The number of hydrogen-bond acceptors (Lipinski definition) is 3. The van der Waals surface area contributed by atoms with E-state index in [9.17, 15) is 8.42 Å². The fourth-order valence-electron chi connectivity index (χ4n) is 1.38. The number of hydrogen-bond donors (Lipinski definition) is 1. The molecule has 2 atom stereocenters. The highest BCUT2D eigenvalue weighted by molar-refractivity contribution is 14.1. The van der Waals surface area contributed by atoms with Crippen LogP contribution in [0.1, 0.15) is 12.5 Å². The van der Waals surface area contributed by atoms with E-state index in [2.05, 4.69) is 22.6 Å². The highest BCUT2D eigenvalue weighted by Crippen LogP contribution is 2.11. The highest BCUT2D eigenvalue weighted by atomic mass is 127. The minimum atomic E-state index is -3.06. The van der Waals surface area contributed by atoms with E-state index in [0.29, 0.717) is 6.42 Å². The number of rotatable bonds is 4. The topological polar surface area (TPSA) is 60.2 Å². The summed E-state index contributed by atoms with van der Waals surface area (Å²) < 4.78 is 23.8. The van der Waals surface area contributed by atoms with Crippen molar-refractivity contribution in [3.05, 3.63) is 33.4 Å². The molecule has 0 aromatic heterocycles. The van der Waals surface area contributed by atoms with E-state index in [0.717, 1.165) is 9.13 Å². The summed E-state index contributed by atoms with van der Waals surface area (Å²) in [4.78, 5) is 0. The molecule has 3 nitrogen and oxygen atoms in total. The molecule has 0 aliphatic rings. The zero-order valence-corrected chi connectivity index (χ0v) is 12.3. The molecule has 16 heavy (non-hydrogen) atoms. The van der Waals surface area contributed by atoms with E-state index < -0.39 is 15.1 Å². The van der Waals surface area contributed by atoms with Crippen LogP contribution in [0.4, 0.5) is 0 Å². The van der Waals surface area contributed by atoms with E-state index >= 15 is 0 Å². The van der Waals surface area contributed by atoms with Crippen molar-refractivity contribution in [2.45, 2.75) is 24.6 Å². The van der Waals surface area contributed by atoms with E-state index in [-0.39, 0.29) is 6.04 Å². The lowest BCUT2D eigenvalue weighted by Crippen LogP contribution is -2.39. The van der Waals surface area contributed by atoms with Gasteiger partial charge in [-0.2, -0.15) is 0 Å². The van der Waals surface area contributed by atoms with Crippen molar-refractivity contribution in [1.82, 2.24) is 0 Å². The van der Waals surface area contributed by atoms with Gasteiger partial charge in [-0.15, -0.1) is 0 Å². The molecule has 0 saturated carbocycles. The average molecular weight is 353 g/mol. The maximum Gasteiger partial charge on any atom is 0.151 e. The standard InChI is InChI=1S/C11H16INO2S/c1-8(16(2,14)15)11(13)7-9-3-5-10(12)6-4-9/h3-6,8,11H,7,13H2,1-2H3. The normalized spacial score (nSPS) is 15.8. The second kappa shape index (κ2) is 5.46. The molecule has 90 valence electrons. The fourth-order valence-corrected chi connectivity index (χ4v) is 2.47. The molecule has 0 fully saturated rings. The first-order chi connectivity index (χ1) is 7.30. The number of nitrogens with two attached hydrogens (primary N) is 1. The molecule has 0 aliphatic heterocycles. The van der Waals surface area contributed by atoms with E-state index in [1.165, 1.54) is 6.26 Å². The van der Waals surface area contributed by atoms with Crippen molar-refractivity contribution in [1.29, 1.82) is 0 Å². The largest absolute Gasteiger partial charge is 0.326 e. The summed E-state index contributed by atoms with van der Waals surface area (Å²) in [6.45, 7) is 1.66. The Bertz CT molecular complexity index is 442. The molecule has 2 N–H and O–H groups in total. The Labute approximate surface area is 110 Å². The second-order valence-electron chi connectivity index (χ2n) is 4.03. The molecular formula is C11H16INO2S. The maximum atomic E-state index is 11.3. The molecular weight excluding hydrogens is 337 g/mol. The van der Waals surface area contributed by atoms with Gasteiger partial charge in [0.05, 0.1) is 5.25 Å². The first-order valence-electron chi connectivity index (χ1n) is 4.99. The molecule has 0 heterocycles. The van der Waals surface area contributed by atoms with Crippen LogP contribution in [-0.4, -0.2) is 26.0 Å². The van der Waals surface area contributed by atoms with Crippen LogP contribution in [-0.2, 0) is 16.3 Å². The molecule has 1 rings (SSSR count). The molecule has 0 saturated heterocycles. The number of halogens is 1. The van der Waals surface area contributed by atoms with Crippen molar-refractivity contribution < 1.29 is 8.42 Å². The fraction of sp³-hybridized carbons (Fsp3) is 0.455. The molecule has 0 bridgehead atoms.